The molecule has 3 N–H and O–H groups in total. The molecule has 0 radical (unpaired) electrons. The molecule has 0 spiro atoms. The number of halogens is 3. The van der Waals surface area contributed by atoms with E-state index in [1.165, 1.54) is 15.9 Å². The molecule has 1 aromatic heterocycles. The number of aromatic nitrogens is 2. The average Bonchev–Trinajstić information content (AvgIpc) is 3.14. The molecular formula is C23H22F3N5O4. The molecule has 0 unspecified atom stereocenters. The first-order valence-electron chi connectivity index (χ1n) is 10.6. The number of hydrogen-bond acceptors (Lipinski definition) is 5. The molecule has 0 saturated carbocycles. The molecular weight excluding hydrogens is 467 g/mol. The maximum Gasteiger partial charge on any atom is 0.416 e. The SMILES string of the molecule is CN(Cc1nc2ccc(C(F)(F)F)cc2[nH]1)C(=O)c1ccc2c(c1)CN(C)C(=O)[C@H](CC(=O)O)N2. The number of likely N-dealkylation sites (N-methyl/N-ethyl adjacent to an activating group) is 1. The van der Waals surface area contributed by atoms with E-state index in [9.17, 15) is 27.6 Å². The number of aliphatic carboxylic acids is 1. The number of imidazole rings is 1. The smallest absolute Gasteiger partial charge is 0.416 e. The van der Waals surface area contributed by atoms with Gasteiger partial charge in [0.1, 0.15) is 11.9 Å². The molecule has 1 aliphatic heterocycles. The van der Waals surface area contributed by atoms with Gasteiger partial charge in [0.15, 0.2) is 0 Å². The van der Waals surface area contributed by atoms with Gasteiger partial charge in [0.2, 0.25) is 5.91 Å². The standard InChI is InChI=1S/C23H22F3N5O4/c1-30-10-13-7-12(3-5-15(13)27-18(22(30)35)9-20(32)33)21(34)31(2)11-19-28-16-6-4-14(23(24,25)26)8-17(16)29-19/h3-8,18,27H,9-11H2,1-2H3,(H,28,29)(H,32,33)/t18-/m0/s1. The van der Waals surface area contributed by atoms with Gasteiger partial charge in [0.05, 0.1) is 29.6 Å². The van der Waals surface area contributed by atoms with Crippen LogP contribution in [-0.4, -0.2) is 62.8 Å². The van der Waals surface area contributed by atoms with Crippen LogP contribution in [-0.2, 0) is 28.9 Å². The zero-order valence-corrected chi connectivity index (χ0v) is 18.8. The van der Waals surface area contributed by atoms with Gasteiger partial charge in [-0.05, 0) is 42.0 Å². The molecule has 35 heavy (non-hydrogen) atoms. The third-order valence-corrected chi connectivity index (χ3v) is 5.73. The van der Waals surface area contributed by atoms with Crippen molar-refractivity contribution in [3.8, 4) is 0 Å². The summed E-state index contributed by atoms with van der Waals surface area (Å²) in [7, 11) is 3.10. The largest absolute Gasteiger partial charge is 0.481 e. The van der Waals surface area contributed by atoms with Crippen molar-refractivity contribution < 1.29 is 32.7 Å². The summed E-state index contributed by atoms with van der Waals surface area (Å²) < 4.78 is 38.9. The zero-order valence-electron chi connectivity index (χ0n) is 18.8. The van der Waals surface area contributed by atoms with E-state index in [0.717, 1.165) is 12.1 Å². The molecule has 2 heterocycles. The van der Waals surface area contributed by atoms with Crippen molar-refractivity contribution >= 4 is 34.5 Å². The van der Waals surface area contributed by atoms with E-state index < -0.39 is 23.8 Å². The van der Waals surface area contributed by atoms with Crippen molar-refractivity contribution in [2.24, 2.45) is 0 Å². The number of amides is 2. The monoisotopic (exact) mass is 489 g/mol. The predicted molar refractivity (Wildman–Crippen MR) is 119 cm³/mol. The number of carbonyl (C=O) groups is 3. The van der Waals surface area contributed by atoms with Crippen LogP contribution in [0.15, 0.2) is 36.4 Å². The zero-order chi connectivity index (χ0) is 25.5. The number of carboxylic acids is 1. The molecule has 184 valence electrons. The summed E-state index contributed by atoms with van der Waals surface area (Å²) in [6.07, 6.45) is -4.85. The number of nitrogens with zero attached hydrogens (tertiary/aromatic N) is 3. The number of anilines is 1. The molecule has 9 nitrogen and oxygen atoms in total. The summed E-state index contributed by atoms with van der Waals surface area (Å²) in [6, 6.07) is 7.09. The van der Waals surface area contributed by atoms with Gasteiger partial charge in [-0.3, -0.25) is 14.4 Å². The molecule has 1 atom stereocenters. The van der Waals surface area contributed by atoms with Gasteiger partial charge < -0.3 is 25.2 Å². The molecule has 2 amide bonds. The van der Waals surface area contributed by atoms with Gasteiger partial charge in [0.25, 0.3) is 5.91 Å². The lowest BCUT2D eigenvalue weighted by atomic mass is 10.1. The molecule has 12 heteroatoms. The molecule has 0 fully saturated rings. The number of fused-ring (bicyclic) bond motifs is 2. The Morgan fingerprint density at radius 1 is 1.23 bits per heavy atom. The maximum absolute atomic E-state index is 13.0. The van der Waals surface area contributed by atoms with Gasteiger partial charge >= 0.3 is 12.1 Å². The van der Waals surface area contributed by atoms with Crippen LogP contribution >= 0.6 is 0 Å². The second-order valence-corrected chi connectivity index (χ2v) is 8.44. The van der Waals surface area contributed by atoms with Gasteiger partial charge in [0, 0.05) is 31.9 Å². The Kier molecular flexibility index (Phi) is 6.14. The Morgan fingerprint density at radius 3 is 2.66 bits per heavy atom. The van der Waals surface area contributed by atoms with Crippen LogP contribution in [0.1, 0.15) is 33.7 Å². The van der Waals surface area contributed by atoms with E-state index in [4.69, 9.17) is 5.11 Å². The Morgan fingerprint density at radius 2 is 1.97 bits per heavy atom. The predicted octanol–water partition coefficient (Wildman–Crippen LogP) is 3.08. The topological polar surface area (TPSA) is 119 Å². The summed E-state index contributed by atoms with van der Waals surface area (Å²) in [4.78, 5) is 46.5. The molecule has 3 aromatic rings. The minimum absolute atomic E-state index is 0.0310. The molecule has 4 rings (SSSR count). The second kappa shape index (κ2) is 8.93. The van der Waals surface area contributed by atoms with Crippen molar-refractivity contribution in [2.45, 2.75) is 31.7 Å². The van der Waals surface area contributed by atoms with Crippen LogP contribution in [0.25, 0.3) is 11.0 Å². The minimum atomic E-state index is -4.47. The summed E-state index contributed by atoms with van der Waals surface area (Å²) >= 11 is 0. The Hall–Kier alpha value is -4.09. The fourth-order valence-electron chi connectivity index (χ4n) is 3.99. The van der Waals surface area contributed by atoms with E-state index in [1.54, 1.807) is 32.3 Å². The van der Waals surface area contributed by atoms with Crippen molar-refractivity contribution in [1.29, 1.82) is 0 Å². The molecule has 0 aliphatic carbocycles. The lowest BCUT2D eigenvalue weighted by Gasteiger charge is -2.19. The van der Waals surface area contributed by atoms with Crippen LogP contribution in [0.4, 0.5) is 18.9 Å². The van der Waals surface area contributed by atoms with Crippen molar-refractivity contribution in [2.75, 3.05) is 19.4 Å². The number of H-pyrrole nitrogens is 1. The normalized spacial score (nSPS) is 16.0. The number of carboxylic acid groups (broad SMARTS) is 1. The van der Waals surface area contributed by atoms with Crippen molar-refractivity contribution in [1.82, 2.24) is 19.8 Å². The fraction of sp³-hybridized carbons (Fsp3) is 0.304. The number of rotatable bonds is 5. The second-order valence-electron chi connectivity index (χ2n) is 8.44. The van der Waals surface area contributed by atoms with Crippen molar-refractivity contribution in [3.63, 3.8) is 0 Å². The van der Waals surface area contributed by atoms with Crippen LogP contribution in [0.2, 0.25) is 0 Å². The highest BCUT2D eigenvalue weighted by Gasteiger charge is 2.31. The van der Waals surface area contributed by atoms with Crippen LogP contribution in [0.5, 0.6) is 0 Å². The Labute approximate surface area is 197 Å². The van der Waals surface area contributed by atoms with E-state index in [-0.39, 0.29) is 36.8 Å². The number of alkyl halides is 3. The third-order valence-electron chi connectivity index (χ3n) is 5.73. The third kappa shape index (κ3) is 5.05. The Balaban J connectivity index is 1.52. The number of benzene rings is 2. The lowest BCUT2D eigenvalue weighted by molar-refractivity contribution is -0.141. The highest BCUT2D eigenvalue weighted by atomic mass is 19.4. The first kappa shape index (κ1) is 24.0. The summed E-state index contributed by atoms with van der Waals surface area (Å²) in [5.41, 5.74) is 1.32. The minimum Gasteiger partial charge on any atom is -0.481 e. The van der Waals surface area contributed by atoms with Gasteiger partial charge in [-0.25, -0.2) is 4.98 Å². The van der Waals surface area contributed by atoms with Crippen LogP contribution < -0.4 is 5.32 Å². The quantitative estimate of drug-likeness (QED) is 0.507. The maximum atomic E-state index is 13.0. The number of aromatic amines is 1. The molecule has 2 aromatic carbocycles. The summed E-state index contributed by atoms with van der Waals surface area (Å²) in [5.74, 6) is -1.51. The molecule has 1 aliphatic rings. The molecule has 0 bridgehead atoms. The van der Waals surface area contributed by atoms with Crippen molar-refractivity contribution in [3.05, 3.63) is 58.9 Å². The van der Waals surface area contributed by atoms with Gasteiger partial charge in [-0.15, -0.1) is 0 Å². The molecule has 0 saturated heterocycles. The summed E-state index contributed by atoms with van der Waals surface area (Å²) in [5, 5.41) is 12.0. The van der Waals surface area contributed by atoms with E-state index in [2.05, 4.69) is 15.3 Å². The lowest BCUT2D eigenvalue weighted by Crippen LogP contribution is -2.39. The number of carbonyl (C=O) groups excluding carboxylic acids is 2. The first-order chi connectivity index (χ1) is 16.4. The average molecular weight is 489 g/mol. The highest BCUT2D eigenvalue weighted by molar-refractivity contribution is 5.95. The fourth-order valence-corrected chi connectivity index (χ4v) is 3.99. The number of hydrogen-bond donors (Lipinski definition) is 3. The van der Waals surface area contributed by atoms with E-state index in [1.807, 2.05) is 0 Å². The Bertz CT molecular complexity index is 1320. The first-order valence-corrected chi connectivity index (χ1v) is 10.6. The van der Waals surface area contributed by atoms with Crippen LogP contribution in [0.3, 0.4) is 0 Å². The van der Waals surface area contributed by atoms with Gasteiger partial charge in [-0.2, -0.15) is 13.2 Å². The van der Waals surface area contributed by atoms with E-state index >= 15 is 0 Å². The highest BCUT2D eigenvalue weighted by Crippen LogP contribution is 2.31. The van der Waals surface area contributed by atoms with E-state index in [0.29, 0.717) is 28.2 Å². The van der Waals surface area contributed by atoms with Gasteiger partial charge in [-0.1, -0.05) is 0 Å². The number of nitrogens with one attached hydrogen (secondary N) is 2. The van der Waals surface area contributed by atoms with Crippen LogP contribution in [0, 0.1) is 0 Å². The summed E-state index contributed by atoms with van der Waals surface area (Å²) in [6.45, 7) is 0.219.